The van der Waals surface area contributed by atoms with E-state index in [9.17, 15) is 4.79 Å². The molecule has 1 saturated carbocycles. The molecule has 2 N–H and O–H groups in total. The molecule has 0 atom stereocenters. The van der Waals surface area contributed by atoms with Crippen molar-refractivity contribution in [2.75, 3.05) is 12.3 Å². The number of halogens is 1. The molecule has 1 aromatic rings. The van der Waals surface area contributed by atoms with Crippen molar-refractivity contribution in [3.8, 4) is 6.07 Å². The Balaban J connectivity index is 1.96. The van der Waals surface area contributed by atoms with Crippen molar-refractivity contribution in [1.82, 2.24) is 0 Å². The van der Waals surface area contributed by atoms with Crippen LogP contribution in [0.2, 0.25) is 5.02 Å². The molecule has 1 aromatic carbocycles. The summed E-state index contributed by atoms with van der Waals surface area (Å²) >= 11 is 5.83. The van der Waals surface area contributed by atoms with E-state index in [-0.39, 0.29) is 5.41 Å². The van der Waals surface area contributed by atoms with Gasteiger partial charge in [0.15, 0.2) is 0 Å². The second-order valence-corrected chi connectivity index (χ2v) is 5.05. The lowest BCUT2D eigenvalue weighted by Crippen LogP contribution is -2.15. The molecule has 1 aliphatic rings. The molecule has 0 amide bonds. The number of nitrogens with zero attached hydrogens (tertiary/aromatic N) is 1. The van der Waals surface area contributed by atoms with Crippen molar-refractivity contribution in [3.63, 3.8) is 0 Å². The number of nitrogen functional groups attached to an aromatic ring is 1. The van der Waals surface area contributed by atoms with Gasteiger partial charge in [-0.25, -0.2) is 4.79 Å². The van der Waals surface area contributed by atoms with Crippen LogP contribution in [0.25, 0.3) is 0 Å². The van der Waals surface area contributed by atoms with Crippen LogP contribution in [0.5, 0.6) is 0 Å². The van der Waals surface area contributed by atoms with E-state index in [1.54, 1.807) is 12.1 Å². The molecule has 94 valence electrons. The van der Waals surface area contributed by atoms with Crippen molar-refractivity contribution >= 4 is 23.3 Å². The van der Waals surface area contributed by atoms with Crippen LogP contribution in [0.15, 0.2) is 18.2 Å². The molecule has 0 unspecified atom stereocenters. The summed E-state index contributed by atoms with van der Waals surface area (Å²) in [5, 5.41) is 9.00. The highest BCUT2D eigenvalue weighted by Gasteiger charge is 2.43. The highest BCUT2D eigenvalue weighted by molar-refractivity contribution is 6.33. The number of nitrogens with two attached hydrogens (primary N) is 1. The van der Waals surface area contributed by atoms with Crippen LogP contribution in [0, 0.1) is 16.7 Å². The quantitative estimate of drug-likeness (QED) is 0.670. The summed E-state index contributed by atoms with van der Waals surface area (Å²) in [7, 11) is 0. The third-order valence-electron chi connectivity index (χ3n) is 3.16. The molecular formula is C13H13ClN2O2. The first-order chi connectivity index (χ1) is 8.56. The third kappa shape index (κ3) is 2.74. The van der Waals surface area contributed by atoms with Gasteiger partial charge in [0.2, 0.25) is 0 Å². The predicted octanol–water partition coefficient (Wildman–Crippen LogP) is 2.77. The molecule has 4 nitrogen and oxygen atoms in total. The van der Waals surface area contributed by atoms with E-state index >= 15 is 0 Å². The topological polar surface area (TPSA) is 76.1 Å². The first kappa shape index (κ1) is 12.7. The number of nitriles is 1. The van der Waals surface area contributed by atoms with Gasteiger partial charge in [-0.05, 0) is 31.0 Å². The minimum absolute atomic E-state index is 0.109. The van der Waals surface area contributed by atoms with Gasteiger partial charge in [0, 0.05) is 11.8 Å². The Morgan fingerprint density at radius 1 is 1.56 bits per heavy atom. The standard InChI is InChI=1S/C13H13ClN2O2/c14-10-7-9(1-2-11(10)16)12(17)18-8-13(3-4-13)5-6-15/h1-2,7H,3-5,8,16H2. The molecule has 0 aromatic heterocycles. The van der Waals surface area contributed by atoms with Crippen molar-refractivity contribution in [1.29, 1.82) is 5.26 Å². The van der Waals surface area contributed by atoms with E-state index in [0.29, 0.717) is 29.3 Å². The Hall–Kier alpha value is -1.73. The van der Waals surface area contributed by atoms with Crippen LogP contribution in [-0.4, -0.2) is 12.6 Å². The molecule has 0 heterocycles. The van der Waals surface area contributed by atoms with Gasteiger partial charge < -0.3 is 10.5 Å². The average Bonchev–Trinajstić information content (AvgIpc) is 3.11. The summed E-state index contributed by atoms with van der Waals surface area (Å²) in [6, 6.07) is 6.76. The molecule has 0 radical (unpaired) electrons. The van der Waals surface area contributed by atoms with Gasteiger partial charge in [-0.15, -0.1) is 0 Å². The summed E-state index contributed by atoms with van der Waals surface area (Å²) in [5.74, 6) is -0.430. The number of carbonyl (C=O) groups excluding carboxylic acids is 1. The number of ether oxygens (including phenoxy) is 1. The monoisotopic (exact) mass is 264 g/mol. The number of benzene rings is 1. The van der Waals surface area contributed by atoms with Crippen LogP contribution < -0.4 is 5.73 Å². The Kier molecular flexibility index (Phi) is 3.44. The van der Waals surface area contributed by atoms with E-state index in [1.165, 1.54) is 6.07 Å². The highest BCUT2D eigenvalue weighted by Crippen LogP contribution is 2.48. The number of hydrogen-bond acceptors (Lipinski definition) is 4. The van der Waals surface area contributed by atoms with Crippen LogP contribution in [0.1, 0.15) is 29.6 Å². The summed E-state index contributed by atoms with van der Waals surface area (Å²) in [6.45, 7) is 0.293. The number of hydrogen-bond donors (Lipinski definition) is 1. The fourth-order valence-corrected chi connectivity index (χ4v) is 1.85. The molecule has 0 bridgehead atoms. The van der Waals surface area contributed by atoms with Crippen molar-refractivity contribution in [2.45, 2.75) is 19.3 Å². The van der Waals surface area contributed by atoms with Gasteiger partial charge in [-0.2, -0.15) is 5.26 Å². The SMILES string of the molecule is N#CCC1(COC(=O)c2ccc(N)c(Cl)c2)CC1. The van der Waals surface area contributed by atoms with Gasteiger partial charge in [0.1, 0.15) is 0 Å². The van der Waals surface area contributed by atoms with Crippen molar-refractivity contribution in [2.24, 2.45) is 5.41 Å². The van der Waals surface area contributed by atoms with Gasteiger partial charge in [0.05, 0.1) is 28.9 Å². The lowest BCUT2D eigenvalue weighted by molar-refractivity contribution is 0.0419. The van der Waals surface area contributed by atoms with E-state index in [0.717, 1.165) is 12.8 Å². The van der Waals surface area contributed by atoms with E-state index in [4.69, 9.17) is 27.3 Å². The lowest BCUT2D eigenvalue weighted by atomic mass is 10.1. The maximum atomic E-state index is 11.8. The molecule has 2 rings (SSSR count). The maximum absolute atomic E-state index is 11.8. The number of esters is 1. The lowest BCUT2D eigenvalue weighted by Gasteiger charge is -2.11. The van der Waals surface area contributed by atoms with Crippen LogP contribution >= 0.6 is 11.6 Å². The molecule has 5 heteroatoms. The molecule has 0 saturated heterocycles. The van der Waals surface area contributed by atoms with Crippen LogP contribution in [-0.2, 0) is 4.74 Å². The summed E-state index contributed by atoms with van der Waals surface area (Å²) in [4.78, 5) is 11.8. The third-order valence-corrected chi connectivity index (χ3v) is 3.48. The zero-order chi connectivity index (χ0) is 13.2. The molecule has 0 spiro atoms. The van der Waals surface area contributed by atoms with Crippen molar-refractivity contribution < 1.29 is 9.53 Å². The highest BCUT2D eigenvalue weighted by atomic mass is 35.5. The smallest absolute Gasteiger partial charge is 0.338 e. The Bertz CT molecular complexity index is 518. The largest absolute Gasteiger partial charge is 0.461 e. The molecule has 0 aliphatic heterocycles. The fourth-order valence-electron chi connectivity index (χ4n) is 1.67. The second kappa shape index (κ2) is 4.87. The Morgan fingerprint density at radius 2 is 2.28 bits per heavy atom. The normalized spacial score (nSPS) is 15.8. The molecule has 1 fully saturated rings. The maximum Gasteiger partial charge on any atom is 0.338 e. The van der Waals surface area contributed by atoms with Crippen LogP contribution in [0.4, 0.5) is 5.69 Å². The number of rotatable bonds is 4. The molecule has 18 heavy (non-hydrogen) atoms. The zero-order valence-electron chi connectivity index (χ0n) is 9.78. The fraction of sp³-hybridized carbons (Fsp3) is 0.385. The number of anilines is 1. The van der Waals surface area contributed by atoms with E-state index in [1.807, 2.05) is 0 Å². The molecule has 1 aliphatic carbocycles. The van der Waals surface area contributed by atoms with Gasteiger partial charge in [-0.1, -0.05) is 11.6 Å². The number of carbonyl (C=O) groups is 1. The second-order valence-electron chi connectivity index (χ2n) is 4.65. The zero-order valence-corrected chi connectivity index (χ0v) is 10.5. The summed E-state index contributed by atoms with van der Waals surface area (Å²) < 4.78 is 5.21. The van der Waals surface area contributed by atoms with Crippen molar-refractivity contribution in [3.05, 3.63) is 28.8 Å². The first-order valence-corrected chi connectivity index (χ1v) is 6.03. The minimum atomic E-state index is -0.430. The van der Waals surface area contributed by atoms with Crippen LogP contribution in [0.3, 0.4) is 0 Å². The predicted molar refractivity (Wildman–Crippen MR) is 68.0 cm³/mol. The van der Waals surface area contributed by atoms with Gasteiger partial charge >= 0.3 is 5.97 Å². The Labute approximate surface area is 110 Å². The Morgan fingerprint density at radius 3 is 2.83 bits per heavy atom. The van der Waals surface area contributed by atoms with Gasteiger partial charge in [-0.3, -0.25) is 0 Å². The van der Waals surface area contributed by atoms with Gasteiger partial charge in [0.25, 0.3) is 0 Å². The van der Waals surface area contributed by atoms with E-state index in [2.05, 4.69) is 6.07 Å². The van der Waals surface area contributed by atoms with E-state index < -0.39 is 5.97 Å². The first-order valence-electron chi connectivity index (χ1n) is 5.65. The summed E-state index contributed by atoms with van der Waals surface area (Å²) in [5.41, 5.74) is 6.26. The minimum Gasteiger partial charge on any atom is -0.461 e. The average molecular weight is 265 g/mol. The summed E-state index contributed by atoms with van der Waals surface area (Å²) in [6.07, 6.45) is 2.31. The molecular weight excluding hydrogens is 252 g/mol.